The van der Waals surface area contributed by atoms with E-state index in [-0.39, 0.29) is 17.1 Å². The first-order chi connectivity index (χ1) is 15.4. The Hall–Kier alpha value is -3.09. The molecule has 0 aromatic heterocycles. The Morgan fingerprint density at radius 1 is 0.969 bits per heavy atom. The molecule has 0 saturated carbocycles. The molecule has 7 heteroatoms. The van der Waals surface area contributed by atoms with Gasteiger partial charge in [0.05, 0.1) is 11.0 Å². The summed E-state index contributed by atoms with van der Waals surface area (Å²) in [6.45, 7) is 3.67. The molecule has 0 aliphatic carbocycles. The van der Waals surface area contributed by atoms with Gasteiger partial charge in [-0.05, 0) is 55.3 Å². The summed E-state index contributed by atoms with van der Waals surface area (Å²) in [4.78, 5) is 24.8. The molecule has 32 heavy (non-hydrogen) atoms. The van der Waals surface area contributed by atoms with Gasteiger partial charge in [0.1, 0.15) is 0 Å². The van der Waals surface area contributed by atoms with Crippen molar-refractivity contribution in [1.29, 1.82) is 0 Å². The summed E-state index contributed by atoms with van der Waals surface area (Å²) in [6.07, 6.45) is 0. The normalized spacial score (nSPS) is 12.2. The molecule has 0 fully saturated rings. The van der Waals surface area contributed by atoms with Gasteiger partial charge in [-0.1, -0.05) is 60.1 Å². The number of hydrazone groups is 1. The minimum absolute atomic E-state index is 0.157. The molecule has 0 aliphatic heterocycles. The maximum absolute atomic E-state index is 12.4. The van der Waals surface area contributed by atoms with Crippen molar-refractivity contribution < 1.29 is 9.59 Å². The third-order valence-electron chi connectivity index (χ3n) is 4.67. The summed E-state index contributed by atoms with van der Waals surface area (Å²) in [5, 5.41) is 7.35. The maximum atomic E-state index is 12.4. The average molecular weight is 466 g/mol. The fourth-order valence-electron chi connectivity index (χ4n) is 2.82. The molecule has 2 N–H and O–H groups in total. The predicted octanol–water partition coefficient (Wildman–Crippen LogP) is 5.75. The number of anilines is 1. The zero-order chi connectivity index (χ0) is 22.9. The average Bonchev–Trinajstić information content (AvgIpc) is 2.81. The van der Waals surface area contributed by atoms with Crippen LogP contribution in [0.3, 0.4) is 0 Å². The minimum Gasteiger partial charge on any atom is -0.322 e. The van der Waals surface area contributed by atoms with E-state index >= 15 is 0 Å². The van der Waals surface area contributed by atoms with Crippen LogP contribution >= 0.6 is 23.4 Å². The van der Waals surface area contributed by atoms with Crippen LogP contribution in [-0.4, -0.2) is 22.8 Å². The van der Waals surface area contributed by atoms with Crippen LogP contribution in [0.15, 0.2) is 84.0 Å². The van der Waals surface area contributed by atoms with Crippen LogP contribution in [0, 0.1) is 0 Å². The smallest absolute Gasteiger partial charge is 0.255 e. The van der Waals surface area contributed by atoms with Gasteiger partial charge in [0, 0.05) is 22.0 Å². The monoisotopic (exact) mass is 465 g/mol. The van der Waals surface area contributed by atoms with Crippen LogP contribution in [0.2, 0.25) is 5.02 Å². The highest BCUT2D eigenvalue weighted by Gasteiger charge is 2.13. The van der Waals surface area contributed by atoms with E-state index in [1.54, 1.807) is 55.1 Å². The van der Waals surface area contributed by atoms with Gasteiger partial charge in [-0.15, -0.1) is 11.8 Å². The van der Waals surface area contributed by atoms with Crippen LogP contribution in [0.25, 0.3) is 0 Å². The Labute approximate surface area is 197 Å². The van der Waals surface area contributed by atoms with Crippen molar-refractivity contribution in [2.45, 2.75) is 24.9 Å². The number of nitrogens with one attached hydrogen (secondary N) is 2. The number of carbonyl (C=O) groups excluding carboxylic acids is 2. The molecule has 164 valence electrons. The largest absolute Gasteiger partial charge is 0.322 e. The van der Waals surface area contributed by atoms with Gasteiger partial charge in [-0.25, -0.2) is 5.43 Å². The predicted molar refractivity (Wildman–Crippen MR) is 133 cm³/mol. The Balaban J connectivity index is 1.57. The third-order valence-corrected chi connectivity index (χ3v) is 6.12. The van der Waals surface area contributed by atoms with E-state index in [2.05, 4.69) is 15.8 Å². The van der Waals surface area contributed by atoms with E-state index in [1.807, 2.05) is 49.4 Å². The Morgan fingerprint density at radius 2 is 1.69 bits per heavy atom. The molecule has 1 atom stereocenters. The number of halogens is 1. The lowest BCUT2D eigenvalue weighted by Crippen LogP contribution is -2.27. The van der Waals surface area contributed by atoms with Crippen LogP contribution < -0.4 is 10.7 Å². The highest BCUT2D eigenvalue weighted by atomic mass is 35.5. The second-order valence-corrected chi connectivity index (χ2v) is 8.92. The van der Waals surface area contributed by atoms with Crippen LogP contribution in [0.5, 0.6) is 0 Å². The van der Waals surface area contributed by atoms with Crippen molar-refractivity contribution in [1.82, 2.24) is 5.43 Å². The standard InChI is InChI=1S/C25H24ClN3O2S/c1-17(28-29-24(30)18(2)32-16-19-8-4-3-5-9-19)20-10-7-13-23(15-20)27-25(31)21-11-6-12-22(26)14-21/h3-15,18H,16H2,1-2H3,(H,27,31)(H,29,30)/b28-17-. The molecule has 3 aromatic rings. The van der Waals surface area contributed by atoms with Crippen molar-refractivity contribution >= 4 is 46.6 Å². The highest BCUT2D eigenvalue weighted by Crippen LogP contribution is 2.18. The van der Waals surface area contributed by atoms with Gasteiger partial charge in [0.15, 0.2) is 0 Å². The second-order valence-electron chi connectivity index (χ2n) is 7.16. The summed E-state index contributed by atoms with van der Waals surface area (Å²) in [5.41, 5.74) is 6.34. The molecule has 3 rings (SSSR count). The summed E-state index contributed by atoms with van der Waals surface area (Å²) in [5.74, 6) is 0.347. The first-order valence-electron chi connectivity index (χ1n) is 10.1. The Morgan fingerprint density at radius 3 is 2.44 bits per heavy atom. The van der Waals surface area contributed by atoms with Gasteiger partial charge >= 0.3 is 0 Å². The van der Waals surface area contributed by atoms with Crippen LogP contribution in [-0.2, 0) is 10.5 Å². The number of nitrogens with zero attached hydrogens (tertiary/aromatic N) is 1. The molecule has 3 aromatic carbocycles. The van der Waals surface area contributed by atoms with E-state index < -0.39 is 0 Å². The van der Waals surface area contributed by atoms with E-state index in [0.29, 0.717) is 22.0 Å². The lowest BCUT2D eigenvalue weighted by atomic mass is 10.1. The van der Waals surface area contributed by atoms with Gasteiger partial charge < -0.3 is 5.32 Å². The number of amides is 2. The van der Waals surface area contributed by atoms with Gasteiger partial charge in [0.25, 0.3) is 11.8 Å². The summed E-state index contributed by atoms with van der Waals surface area (Å²) in [6, 6.07) is 24.1. The lowest BCUT2D eigenvalue weighted by Gasteiger charge is -2.11. The third kappa shape index (κ3) is 6.97. The van der Waals surface area contributed by atoms with Gasteiger partial charge in [-0.3, -0.25) is 9.59 Å². The fourth-order valence-corrected chi connectivity index (χ4v) is 3.85. The lowest BCUT2D eigenvalue weighted by molar-refractivity contribution is -0.120. The molecule has 5 nitrogen and oxygen atoms in total. The first kappa shape index (κ1) is 23.6. The number of hydrogen-bond donors (Lipinski definition) is 2. The minimum atomic E-state index is -0.253. The van der Waals surface area contributed by atoms with Crippen molar-refractivity contribution in [3.8, 4) is 0 Å². The molecule has 0 aliphatic rings. The van der Waals surface area contributed by atoms with Crippen LogP contribution in [0.1, 0.15) is 35.3 Å². The number of rotatable bonds is 8. The number of hydrogen-bond acceptors (Lipinski definition) is 4. The molecule has 0 spiro atoms. The summed E-state index contributed by atoms with van der Waals surface area (Å²) >= 11 is 7.52. The Bertz CT molecular complexity index is 1120. The quantitative estimate of drug-likeness (QED) is 0.328. The topological polar surface area (TPSA) is 70.6 Å². The second kappa shape index (κ2) is 11.5. The molecule has 0 bridgehead atoms. The summed E-state index contributed by atoms with van der Waals surface area (Å²) < 4.78 is 0. The van der Waals surface area contributed by atoms with E-state index in [0.717, 1.165) is 11.3 Å². The molecule has 0 heterocycles. The SMILES string of the molecule is C/C(=N/NC(=O)C(C)SCc1ccccc1)c1cccc(NC(=O)c2cccc(Cl)c2)c1. The van der Waals surface area contributed by atoms with E-state index in [4.69, 9.17) is 11.6 Å². The van der Waals surface area contributed by atoms with E-state index in [9.17, 15) is 9.59 Å². The molecular formula is C25H24ClN3O2S. The number of benzene rings is 3. The van der Waals surface area contributed by atoms with Crippen LogP contribution in [0.4, 0.5) is 5.69 Å². The number of thioether (sulfide) groups is 1. The maximum Gasteiger partial charge on any atom is 0.255 e. The van der Waals surface area contributed by atoms with Gasteiger partial charge in [0.2, 0.25) is 0 Å². The van der Waals surface area contributed by atoms with Gasteiger partial charge in [-0.2, -0.15) is 5.10 Å². The van der Waals surface area contributed by atoms with Crippen molar-refractivity contribution in [3.05, 3.63) is 101 Å². The first-order valence-corrected chi connectivity index (χ1v) is 11.5. The Kier molecular flexibility index (Phi) is 8.48. The number of carbonyl (C=O) groups is 2. The van der Waals surface area contributed by atoms with Crippen molar-refractivity contribution in [2.75, 3.05) is 5.32 Å². The zero-order valence-corrected chi connectivity index (χ0v) is 19.4. The fraction of sp³-hybridized carbons (Fsp3) is 0.160. The highest BCUT2D eigenvalue weighted by molar-refractivity contribution is 7.99. The van der Waals surface area contributed by atoms with Crippen molar-refractivity contribution in [3.63, 3.8) is 0 Å². The van der Waals surface area contributed by atoms with E-state index in [1.165, 1.54) is 5.56 Å². The molecule has 0 saturated heterocycles. The van der Waals surface area contributed by atoms with Crippen molar-refractivity contribution in [2.24, 2.45) is 5.10 Å². The molecule has 1 unspecified atom stereocenters. The zero-order valence-electron chi connectivity index (χ0n) is 17.8. The molecule has 0 radical (unpaired) electrons. The summed E-state index contributed by atoms with van der Waals surface area (Å²) in [7, 11) is 0. The molecule has 2 amide bonds. The molecular weight excluding hydrogens is 442 g/mol.